The lowest BCUT2D eigenvalue weighted by molar-refractivity contribution is 0.0470. The largest absolute Gasteiger partial charge is 0.457 e. The molecule has 0 saturated heterocycles. The highest BCUT2D eigenvalue weighted by Crippen LogP contribution is 2.24. The van der Waals surface area contributed by atoms with E-state index >= 15 is 0 Å². The van der Waals surface area contributed by atoms with Crippen molar-refractivity contribution in [3.63, 3.8) is 0 Å². The van der Waals surface area contributed by atoms with E-state index in [1.165, 1.54) is 0 Å². The summed E-state index contributed by atoms with van der Waals surface area (Å²) in [5.41, 5.74) is 11.0. The van der Waals surface area contributed by atoms with Crippen LogP contribution in [-0.4, -0.2) is 5.97 Å². The average molecular weight is 348 g/mol. The summed E-state index contributed by atoms with van der Waals surface area (Å²) in [7, 11) is 0. The van der Waals surface area contributed by atoms with Crippen LogP contribution in [0.4, 0.5) is 5.69 Å². The molecule has 2 aromatic rings. The van der Waals surface area contributed by atoms with Gasteiger partial charge in [0.1, 0.15) is 6.61 Å². The molecule has 21 heavy (non-hydrogen) atoms. The van der Waals surface area contributed by atoms with Crippen molar-refractivity contribution in [2.24, 2.45) is 0 Å². The number of hydrogen-bond acceptors (Lipinski definition) is 3. The second-order valence-electron chi connectivity index (χ2n) is 5.11. The number of carbonyl (C=O) groups excluding carboxylic acids is 1. The van der Waals surface area contributed by atoms with Gasteiger partial charge in [0, 0.05) is 10.2 Å². The first-order chi connectivity index (χ1) is 9.90. The van der Waals surface area contributed by atoms with E-state index < -0.39 is 0 Å². The van der Waals surface area contributed by atoms with Crippen molar-refractivity contribution >= 4 is 27.6 Å². The van der Waals surface area contributed by atoms with Crippen LogP contribution in [0.3, 0.4) is 0 Å². The van der Waals surface area contributed by atoms with Crippen molar-refractivity contribution in [1.82, 2.24) is 0 Å². The van der Waals surface area contributed by atoms with E-state index in [0.717, 1.165) is 26.7 Å². The molecule has 0 heterocycles. The van der Waals surface area contributed by atoms with Gasteiger partial charge in [-0.3, -0.25) is 0 Å². The molecule has 0 aliphatic rings. The van der Waals surface area contributed by atoms with Gasteiger partial charge in [0.15, 0.2) is 0 Å². The predicted molar refractivity (Wildman–Crippen MR) is 88.3 cm³/mol. The van der Waals surface area contributed by atoms with Crippen LogP contribution in [0.25, 0.3) is 0 Å². The third kappa shape index (κ3) is 3.45. The number of halogens is 1. The van der Waals surface area contributed by atoms with Crippen LogP contribution in [0.5, 0.6) is 0 Å². The zero-order chi connectivity index (χ0) is 15.6. The van der Waals surface area contributed by atoms with Gasteiger partial charge in [-0.1, -0.05) is 34.1 Å². The van der Waals surface area contributed by atoms with Crippen LogP contribution in [-0.2, 0) is 11.3 Å². The summed E-state index contributed by atoms with van der Waals surface area (Å²) in [6, 6.07) is 9.53. The topological polar surface area (TPSA) is 52.3 Å². The SMILES string of the molecule is Cc1cccc(C)c1COC(=O)c1cc(Br)cc(N)c1C. The molecule has 0 radical (unpaired) electrons. The Labute approximate surface area is 133 Å². The molecule has 0 aromatic heterocycles. The Balaban J connectivity index is 2.20. The molecule has 0 atom stereocenters. The van der Waals surface area contributed by atoms with E-state index in [-0.39, 0.29) is 12.6 Å². The first-order valence-corrected chi connectivity index (χ1v) is 7.47. The van der Waals surface area contributed by atoms with Crippen LogP contribution < -0.4 is 5.73 Å². The number of esters is 1. The molecule has 0 unspecified atom stereocenters. The van der Waals surface area contributed by atoms with Gasteiger partial charge in [-0.05, 0) is 55.2 Å². The second-order valence-corrected chi connectivity index (χ2v) is 6.03. The molecule has 2 aromatic carbocycles. The van der Waals surface area contributed by atoms with Crippen molar-refractivity contribution in [2.75, 3.05) is 5.73 Å². The minimum atomic E-state index is -0.358. The van der Waals surface area contributed by atoms with E-state index in [1.54, 1.807) is 12.1 Å². The number of hydrogen-bond donors (Lipinski definition) is 1. The molecule has 4 heteroatoms. The first-order valence-electron chi connectivity index (χ1n) is 6.68. The van der Waals surface area contributed by atoms with Crippen LogP contribution in [0.15, 0.2) is 34.8 Å². The molecule has 2 rings (SSSR count). The van der Waals surface area contributed by atoms with Crippen LogP contribution in [0.1, 0.15) is 32.6 Å². The third-order valence-corrected chi connectivity index (χ3v) is 4.08. The Morgan fingerprint density at radius 2 is 1.81 bits per heavy atom. The number of carbonyl (C=O) groups is 1. The molecule has 0 aliphatic heterocycles. The Morgan fingerprint density at radius 1 is 1.19 bits per heavy atom. The Bertz CT molecular complexity index is 675. The van der Waals surface area contributed by atoms with Gasteiger partial charge in [0.25, 0.3) is 0 Å². The van der Waals surface area contributed by atoms with Gasteiger partial charge in [-0.15, -0.1) is 0 Å². The molecule has 0 spiro atoms. The quantitative estimate of drug-likeness (QED) is 0.664. The normalized spacial score (nSPS) is 10.5. The summed E-state index contributed by atoms with van der Waals surface area (Å²) < 4.78 is 6.22. The van der Waals surface area contributed by atoms with Gasteiger partial charge in [-0.25, -0.2) is 4.79 Å². The summed E-state index contributed by atoms with van der Waals surface area (Å²) in [6.45, 7) is 6.11. The standard InChI is InChI=1S/C17H18BrNO2/c1-10-5-4-6-11(2)15(10)9-21-17(20)14-7-13(18)8-16(19)12(14)3/h4-8H,9,19H2,1-3H3. The number of ether oxygens (including phenoxy) is 1. The van der Waals surface area contributed by atoms with E-state index in [4.69, 9.17) is 10.5 Å². The molecule has 0 saturated carbocycles. The van der Waals surface area contributed by atoms with E-state index in [2.05, 4.69) is 15.9 Å². The molecular weight excluding hydrogens is 330 g/mol. The number of benzene rings is 2. The van der Waals surface area contributed by atoms with Crippen molar-refractivity contribution < 1.29 is 9.53 Å². The fourth-order valence-corrected chi connectivity index (χ4v) is 2.68. The van der Waals surface area contributed by atoms with E-state index in [9.17, 15) is 4.79 Å². The van der Waals surface area contributed by atoms with Gasteiger partial charge in [-0.2, -0.15) is 0 Å². The minimum Gasteiger partial charge on any atom is -0.457 e. The van der Waals surface area contributed by atoms with Crippen molar-refractivity contribution in [3.8, 4) is 0 Å². The van der Waals surface area contributed by atoms with Gasteiger partial charge in [0.05, 0.1) is 5.56 Å². The molecule has 0 aliphatic carbocycles. The number of nitrogens with two attached hydrogens (primary N) is 1. The van der Waals surface area contributed by atoms with E-state index in [1.807, 2.05) is 39.0 Å². The summed E-state index contributed by atoms with van der Waals surface area (Å²) in [4.78, 5) is 12.3. The van der Waals surface area contributed by atoms with Crippen LogP contribution in [0.2, 0.25) is 0 Å². The highest BCUT2D eigenvalue weighted by molar-refractivity contribution is 9.10. The van der Waals surface area contributed by atoms with Gasteiger partial charge < -0.3 is 10.5 Å². The Hall–Kier alpha value is -1.81. The molecule has 0 amide bonds. The summed E-state index contributed by atoms with van der Waals surface area (Å²) in [6.07, 6.45) is 0. The molecular formula is C17H18BrNO2. The Morgan fingerprint density at radius 3 is 2.43 bits per heavy atom. The summed E-state index contributed by atoms with van der Waals surface area (Å²) in [5, 5.41) is 0. The summed E-state index contributed by atoms with van der Waals surface area (Å²) in [5.74, 6) is -0.358. The monoisotopic (exact) mass is 347 g/mol. The highest BCUT2D eigenvalue weighted by atomic mass is 79.9. The van der Waals surface area contributed by atoms with Crippen LogP contribution in [0, 0.1) is 20.8 Å². The van der Waals surface area contributed by atoms with Crippen molar-refractivity contribution in [3.05, 3.63) is 62.6 Å². The third-order valence-electron chi connectivity index (χ3n) is 3.62. The molecule has 0 bridgehead atoms. The summed E-state index contributed by atoms with van der Waals surface area (Å²) >= 11 is 3.35. The highest BCUT2D eigenvalue weighted by Gasteiger charge is 2.14. The smallest absolute Gasteiger partial charge is 0.338 e. The predicted octanol–water partition coefficient (Wildman–Crippen LogP) is 4.31. The fourth-order valence-electron chi connectivity index (χ4n) is 2.20. The van der Waals surface area contributed by atoms with Crippen molar-refractivity contribution in [2.45, 2.75) is 27.4 Å². The number of nitrogen functional groups attached to an aromatic ring is 1. The van der Waals surface area contributed by atoms with Gasteiger partial charge in [0.2, 0.25) is 0 Å². The van der Waals surface area contributed by atoms with Crippen molar-refractivity contribution in [1.29, 1.82) is 0 Å². The zero-order valence-electron chi connectivity index (χ0n) is 12.4. The lowest BCUT2D eigenvalue weighted by Gasteiger charge is -2.12. The average Bonchev–Trinajstić information content (AvgIpc) is 2.42. The molecule has 3 nitrogen and oxygen atoms in total. The van der Waals surface area contributed by atoms with Gasteiger partial charge >= 0.3 is 5.97 Å². The maximum atomic E-state index is 12.3. The molecule has 0 fully saturated rings. The second kappa shape index (κ2) is 6.31. The molecule has 110 valence electrons. The minimum absolute atomic E-state index is 0.267. The maximum absolute atomic E-state index is 12.3. The fraction of sp³-hybridized carbons (Fsp3) is 0.235. The first kappa shape index (κ1) is 15.6. The zero-order valence-corrected chi connectivity index (χ0v) is 14.0. The lowest BCUT2D eigenvalue weighted by atomic mass is 10.0. The lowest BCUT2D eigenvalue weighted by Crippen LogP contribution is -2.10. The number of rotatable bonds is 3. The van der Waals surface area contributed by atoms with E-state index in [0.29, 0.717) is 11.3 Å². The Kier molecular flexibility index (Phi) is 4.68. The number of aryl methyl sites for hydroxylation is 2. The molecule has 2 N–H and O–H groups in total. The maximum Gasteiger partial charge on any atom is 0.338 e. The number of anilines is 1. The van der Waals surface area contributed by atoms with Crippen LogP contribution >= 0.6 is 15.9 Å².